The summed E-state index contributed by atoms with van der Waals surface area (Å²) in [6.45, 7) is 2.10. The predicted octanol–water partition coefficient (Wildman–Crippen LogP) is 4.63. The van der Waals surface area contributed by atoms with Gasteiger partial charge in [0.25, 0.3) is 0 Å². The molecule has 3 heteroatoms. The van der Waals surface area contributed by atoms with Crippen LogP contribution in [0.5, 0.6) is 5.75 Å². The highest BCUT2D eigenvalue weighted by molar-refractivity contribution is 9.28. The van der Waals surface area contributed by atoms with Gasteiger partial charge in [0.2, 0.25) is 0 Å². The molecule has 1 aromatic carbocycles. The topological polar surface area (TPSA) is 20.2 Å². The molecule has 1 aromatic rings. The average molecular weight is 344 g/mol. The van der Waals surface area contributed by atoms with E-state index in [1.807, 2.05) is 12.1 Å². The summed E-state index contributed by atoms with van der Waals surface area (Å²) in [5.41, 5.74) is 1.66. The van der Waals surface area contributed by atoms with Crippen molar-refractivity contribution in [2.75, 3.05) is 0 Å². The molecular formula is C13H12Br2O. The fourth-order valence-electron chi connectivity index (χ4n) is 1.15. The largest absolute Gasteiger partial charge is 0.507 e. The number of benzene rings is 1. The lowest BCUT2D eigenvalue weighted by molar-refractivity contribution is 0.474. The van der Waals surface area contributed by atoms with E-state index in [4.69, 9.17) is 0 Å². The predicted molar refractivity (Wildman–Crippen MR) is 75.7 cm³/mol. The minimum Gasteiger partial charge on any atom is -0.507 e. The number of hydrogen-bond donors (Lipinski definition) is 1. The molecule has 84 valence electrons. The summed E-state index contributed by atoms with van der Waals surface area (Å²) in [4.78, 5) is 0. The van der Waals surface area contributed by atoms with Crippen LogP contribution in [0.25, 0.3) is 6.08 Å². The number of rotatable bonds is 2. The Morgan fingerprint density at radius 1 is 1.44 bits per heavy atom. The van der Waals surface area contributed by atoms with E-state index < -0.39 is 0 Å². The van der Waals surface area contributed by atoms with Crippen LogP contribution in [0, 0.1) is 11.8 Å². The molecular weight excluding hydrogens is 332 g/mol. The molecule has 0 heterocycles. The van der Waals surface area contributed by atoms with Gasteiger partial charge in [0, 0.05) is 17.5 Å². The van der Waals surface area contributed by atoms with Crippen LogP contribution in [0.2, 0.25) is 0 Å². The number of hydrogen-bond acceptors (Lipinski definition) is 1. The first-order valence-electron chi connectivity index (χ1n) is 4.98. The van der Waals surface area contributed by atoms with Crippen LogP contribution in [0.4, 0.5) is 0 Å². The fourth-order valence-corrected chi connectivity index (χ4v) is 1.65. The van der Waals surface area contributed by atoms with E-state index in [-0.39, 0.29) is 5.75 Å². The van der Waals surface area contributed by atoms with Gasteiger partial charge in [-0.3, -0.25) is 0 Å². The van der Waals surface area contributed by atoms with Crippen molar-refractivity contribution in [1.82, 2.24) is 0 Å². The van der Waals surface area contributed by atoms with Crippen molar-refractivity contribution in [2.45, 2.75) is 19.8 Å². The molecule has 0 radical (unpaired) electrons. The Balaban J connectivity index is 3.00. The number of phenols is 1. The lowest BCUT2D eigenvalue weighted by Crippen LogP contribution is -1.79. The molecule has 16 heavy (non-hydrogen) atoms. The molecule has 0 aliphatic rings. The first kappa shape index (κ1) is 13.3. The van der Waals surface area contributed by atoms with Gasteiger partial charge in [-0.1, -0.05) is 18.8 Å². The van der Waals surface area contributed by atoms with Gasteiger partial charge in [0.05, 0.1) is 3.39 Å². The molecule has 0 saturated heterocycles. The number of unbranched alkanes of at least 4 members (excludes halogenated alkanes) is 1. The number of aromatic hydroxyl groups is 1. The Morgan fingerprint density at radius 3 is 2.81 bits per heavy atom. The molecule has 0 aliphatic heterocycles. The van der Waals surface area contributed by atoms with Crippen LogP contribution in [0.3, 0.4) is 0 Å². The van der Waals surface area contributed by atoms with Gasteiger partial charge < -0.3 is 5.11 Å². The summed E-state index contributed by atoms with van der Waals surface area (Å²) in [6.07, 6.45) is 3.75. The van der Waals surface area contributed by atoms with E-state index in [0.717, 1.165) is 27.4 Å². The summed E-state index contributed by atoms with van der Waals surface area (Å²) in [7, 11) is 0. The van der Waals surface area contributed by atoms with E-state index in [0.29, 0.717) is 0 Å². The zero-order valence-electron chi connectivity index (χ0n) is 8.93. The molecule has 0 atom stereocenters. The lowest BCUT2D eigenvalue weighted by Gasteiger charge is -1.99. The molecule has 0 aliphatic carbocycles. The first-order chi connectivity index (χ1) is 7.63. The van der Waals surface area contributed by atoms with Crippen molar-refractivity contribution in [1.29, 1.82) is 0 Å². The maximum Gasteiger partial charge on any atom is 0.122 e. The van der Waals surface area contributed by atoms with Crippen LogP contribution in [0.15, 0.2) is 21.6 Å². The highest BCUT2D eigenvalue weighted by atomic mass is 79.9. The van der Waals surface area contributed by atoms with Crippen molar-refractivity contribution in [3.63, 3.8) is 0 Å². The number of halogens is 2. The summed E-state index contributed by atoms with van der Waals surface area (Å²) in [5, 5.41) is 9.62. The van der Waals surface area contributed by atoms with Crippen molar-refractivity contribution in [3.05, 3.63) is 32.7 Å². The van der Waals surface area contributed by atoms with Gasteiger partial charge in [-0.25, -0.2) is 0 Å². The zero-order chi connectivity index (χ0) is 12.0. The normalized spacial score (nSPS) is 9.19. The highest BCUT2D eigenvalue weighted by Crippen LogP contribution is 2.25. The van der Waals surface area contributed by atoms with E-state index in [2.05, 4.69) is 50.6 Å². The molecule has 0 amide bonds. The Bertz CT molecular complexity index is 449. The number of phenolic OH excluding ortho intramolecular Hbond substituents is 1. The van der Waals surface area contributed by atoms with Gasteiger partial charge in [0.1, 0.15) is 5.75 Å². The molecule has 0 bridgehead atoms. The van der Waals surface area contributed by atoms with Crippen LogP contribution in [-0.2, 0) is 0 Å². The molecule has 0 spiro atoms. The zero-order valence-corrected chi connectivity index (χ0v) is 12.1. The summed E-state index contributed by atoms with van der Waals surface area (Å²) in [6, 6.07) is 5.34. The van der Waals surface area contributed by atoms with Crippen LogP contribution in [-0.4, -0.2) is 5.11 Å². The maximum atomic E-state index is 9.62. The standard InChI is InChI=1S/C13H12Br2O/c1-2-3-4-5-10-6-7-12(16)11(8-10)9-13(14)15/h6-9,16H,2-3H2,1H3. The second-order valence-corrected chi connectivity index (χ2v) is 6.03. The van der Waals surface area contributed by atoms with Crippen LogP contribution < -0.4 is 0 Å². The minimum absolute atomic E-state index is 0.248. The molecule has 1 rings (SSSR count). The molecule has 1 N–H and O–H groups in total. The minimum atomic E-state index is 0.248. The Morgan fingerprint density at radius 2 is 2.19 bits per heavy atom. The summed E-state index contributed by atoms with van der Waals surface area (Å²) in [5.74, 6) is 6.39. The van der Waals surface area contributed by atoms with Crippen molar-refractivity contribution >= 4 is 37.9 Å². The second-order valence-electron chi connectivity index (χ2n) is 3.26. The van der Waals surface area contributed by atoms with Gasteiger partial charge in [-0.2, -0.15) is 0 Å². The summed E-state index contributed by atoms with van der Waals surface area (Å²) < 4.78 is 0.786. The molecule has 0 unspecified atom stereocenters. The van der Waals surface area contributed by atoms with Gasteiger partial charge >= 0.3 is 0 Å². The van der Waals surface area contributed by atoms with E-state index in [1.54, 1.807) is 12.1 Å². The second kappa shape index (κ2) is 6.78. The maximum absolute atomic E-state index is 9.62. The smallest absolute Gasteiger partial charge is 0.122 e. The summed E-state index contributed by atoms with van der Waals surface area (Å²) >= 11 is 6.53. The SMILES string of the molecule is CCCC#Cc1ccc(O)c(C=C(Br)Br)c1. The molecule has 0 saturated carbocycles. The highest BCUT2D eigenvalue weighted by Gasteiger charge is 1.99. The van der Waals surface area contributed by atoms with Crippen molar-refractivity contribution in [2.24, 2.45) is 0 Å². The third-order valence-corrected chi connectivity index (χ3v) is 2.36. The average Bonchev–Trinajstić information content (AvgIpc) is 2.22. The van der Waals surface area contributed by atoms with Gasteiger partial charge in [-0.15, -0.1) is 0 Å². The molecule has 1 nitrogen and oxygen atoms in total. The molecule has 0 aromatic heterocycles. The van der Waals surface area contributed by atoms with E-state index >= 15 is 0 Å². The first-order valence-corrected chi connectivity index (χ1v) is 6.56. The van der Waals surface area contributed by atoms with Crippen molar-refractivity contribution < 1.29 is 5.11 Å². The molecule has 0 fully saturated rings. The van der Waals surface area contributed by atoms with Crippen LogP contribution in [0.1, 0.15) is 30.9 Å². The van der Waals surface area contributed by atoms with Crippen molar-refractivity contribution in [3.8, 4) is 17.6 Å². The monoisotopic (exact) mass is 342 g/mol. The fraction of sp³-hybridized carbons (Fsp3) is 0.231. The lowest BCUT2D eigenvalue weighted by atomic mass is 10.1. The Kier molecular flexibility index (Phi) is 5.65. The third-order valence-electron chi connectivity index (χ3n) is 1.90. The van der Waals surface area contributed by atoms with E-state index in [9.17, 15) is 5.11 Å². The van der Waals surface area contributed by atoms with Crippen LogP contribution >= 0.6 is 31.9 Å². The van der Waals surface area contributed by atoms with Gasteiger partial charge in [-0.05, 0) is 62.6 Å². The third kappa shape index (κ3) is 4.42. The Hall–Kier alpha value is -0.720. The quantitative estimate of drug-likeness (QED) is 0.776. The van der Waals surface area contributed by atoms with E-state index in [1.165, 1.54) is 0 Å². The van der Waals surface area contributed by atoms with Gasteiger partial charge in [0.15, 0.2) is 0 Å². The Labute approximate surface area is 113 Å².